The van der Waals surface area contributed by atoms with E-state index in [-0.39, 0.29) is 17.1 Å². The molecular weight excluding hydrogens is 424 g/mol. The Labute approximate surface area is 177 Å². The number of amides is 1. The van der Waals surface area contributed by atoms with Crippen LogP contribution in [0.25, 0.3) is 22.4 Å². The standard InChI is InChI=1S/C21H18N2O5S2/c1-27-15-6-8-16(9-7-15)30(25,26)11-10-20(24)23-21-22-17(13-29-21)19-12-14-4-2-3-5-18(14)28-19/h2-9,12-13H,10-11H2,1H3,(H,22,23,24). The van der Waals surface area contributed by atoms with E-state index in [1.807, 2.05) is 30.3 Å². The van der Waals surface area contributed by atoms with Gasteiger partial charge < -0.3 is 14.5 Å². The first-order valence-corrected chi connectivity index (χ1v) is 11.6. The number of thiazole rings is 1. The number of carbonyl (C=O) groups is 1. The van der Waals surface area contributed by atoms with Crippen LogP contribution in [-0.4, -0.2) is 32.2 Å². The third-order valence-corrected chi connectivity index (χ3v) is 6.93. The highest BCUT2D eigenvalue weighted by molar-refractivity contribution is 7.91. The molecule has 0 aliphatic heterocycles. The lowest BCUT2D eigenvalue weighted by atomic mass is 10.2. The van der Waals surface area contributed by atoms with Crippen LogP contribution in [0, 0.1) is 0 Å². The number of anilines is 1. The molecule has 30 heavy (non-hydrogen) atoms. The summed E-state index contributed by atoms with van der Waals surface area (Å²) in [5.41, 5.74) is 1.37. The third-order valence-electron chi connectivity index (χ3n) is 4.44. The lowest BCUT2D eigenvalue weighted by Crippen LogP contribution is -2.17. The third kappa shape index (κ3) is 4.37. The molecule has 4 aromatic rings. The van der Waals surface area contributed by atoms with Gasteiger partial charge in [0.2, 0.25) is 5.91 Å². The minimum atomic E-state index is -3.57. The molecule has 0 fully saturated rings. The highest BCUT2D eigenvalue weighted by Gasteiger charge is 2.18. The van der Waals surface area contributed by atoms with Gasteiger partial charge in [-0.05, 0) is 36.4 Å². The molecule has 0 radical (unpaired) electrons. The zero-order valence-electron chi connectivity index (χ0n) is 16.0. The molecule has 154 valence electrons. The van der Waals surface area contributed by atoms with Gasteiger partial charge in [-0.1, -0.05) is 18.2 Å². The molecule has 0 spiro atoms. The Kier molecular flexibility index (Phi) is 5.56. The number of sulfone groups is 1. The predicted octanol–water partition coefficient (Wildman–Crippen LogP) is 4.37. The number of methoxy groups -OCH3 is 1. The first kappa shape index (κ1) is 20.1. The van der Waals surface area contributed by atoms with E-state index in [2.05, 4.69) is 10.3 Å². The van der Waals surface area contributed by atoms with Gasteiger partial charge in [0.15, 0.2) is 20.7 Å². The van der Waals surface area contributed by atoms with Gasteiger partial charge in [0.25, 0.3) is 0 Å². The summed E-state index contributed by atoms with van der Waals surface area (Å²) in [6, 6.07) is 15.6. The van der Waals surface area contributed by atoms with Crippen molar-refractivity contribution in [1.29, 1.82) is 0 Å². The molecule has 0 saturated heterocycles. The van der Waals surface area contributed by atoms with Crippen molar-refractivity contribution in [1.82, 2.24) is 4.98 Å². The Hall–Kier alpha value is -3.17. The summed E-state index contributed by atoms with van der Waals surface area (Å²) in [5, 5.41) is 5.78. The predicted molar refractivity (Wildman–Crippen MR) is 116 cm³/mol. The molecule has 1 amide bonds. The summed E-state index contributed by atoms with van der Waals surface area (Å²) in [4.78, 5) is 16.7. The second kappa shape index (κ2) is 8.29. The molecule has 9 heteroatoms. The van der Waals surface area contributed by atoms with Crippen molar-refractivity contribution in [3.05, 3.63) is 60.0 Å². The molecule has 0 atom stereocenters. The summed E-state index contributed by atoms with van der Waals surface area (Å²) in [5.74, 6) is 0.454. The summed E-state index contributed by atoms with van der Waals surface area (Å²) in [6.45, 7) is 0. The van der Waals surface area contributed by atoms with E-state index in [1.165, 1.54) is 30.6 Å². The summed E-state index contributed by atoms with van der Waals surface area (Å²) >= 11 is 1.25. The molecule has 0 unspecified atom stereocenters. The van der Waals surface area contributed by atoms with Gasteiger partial charge in [0.1, 0.15) is 17.0 Å². The highest BCUT2D eigenvalue weighted by atomic mass is 32.2. The second-order valence-electron chi connectivity index (χ2n) is 6.48. The fourth-order valence-corrected chi connectivity index (χ4v) is 4.82. The Morgan fingerprint density at radius 1 is 1.17 bits per heavy atom. The van der Waals surface area contributed by atoms with E-state index < -0.39 is 15.7 Å². The molecule has 0 bridgehead atoms. The molecule has 0 saturated carbocycles. The smallest absolute Gasteiger partial charge is 0.227 e. The van der Waals surface area contributed by atoms with E-state index in [0.29, 0.717) is 22.3 Å². The Bertz CT molecular complexity index is 1260. The van der Waals surface area contributed by atoms with Crippen molar-refractivity contribution in [3.8, 4) is 17.2 Å². The van der Waals surface area contributed by atoms with E-state index in [9.17, 15) is 13.2 Å². The van der Waals surface area contributed by atoms with Crippen LogP contribution < -0.4 is 10.1 Å². The number of furan rings is 1. The molecule has 1 N–H and O–H groups in total. The Balaban J connectivity index is 1.38. The number of aromatic nitrogens is 1. The average molecular weight is 443 g/mol. The second-order valence-corrected chi connectivity index (χ2v) is 9.45. The number of nitrogens with zero attached hydrogens (tertiary/aromatic N) is 1. The van der Waals surface area contributed by atoms with Crippen molar-refractivity contribution in [2.45, 2.75) is 11.3 Å². The summed E-state index contributed by atoms with van der Waals surface area (Å²) in [6.07, 6.45) is -0.173. The Morgan fingerprint density at radius 3 is 2.67 bits per heavy atom. The normalized spacial score (nSPS) is 11.5. The fraction of sp³-hybridized carbons (Fsp3) is 0.143. The molecular formula is C21H18N2O5S2. The van der Waals surface area contributed by atoms with Crippen LogP contribution in [-0.2, 0) is 14.6 Å². The number of benzene rings is 2. The van der Waals surface area contributed by atoms with Crippen LogP contribution in [0.4, 0.5) is 5.13 Å². The van der Waals surface area contributed by atoms with Crippen molar-refractivity contribution in [2.75, 3.05) is 18.2 Å². The number of nitrogens with one attached hydrogen (secondary N) is 1. The van der Waals surface area contributed by atoms with Crippen LogP contribution in [0.3, 0.4) is 0 Å². The molecule has 2 heterocycles. The maximum Gasteiger partial charge on any atom is 0.227 e. The number of rotatable bonds is 7. The minimum Gasteiger partial charge on any atom is -0.497 e. The minimum absolute atomic E-state index is 0.150. The zero-order valence-corrected chi connectivity index (χ0v) is 17.6. The van der Waals surface area contributed by atoms with Gasteiger partial charge in [-0.15, -0.1) is 11.3 Å². The molecule has 0 aliphatic carbocycles. The fourth-order valence-electron chi connectivity index (χ4n) is 2.86. The van der Waals surface area contributed by atoms with Crippen molar-refractivity contribution >= 4 is 43.2 Å². The lowest BCUT2D eigenvalue weighted by molar-refractivity contribution is -0.115. The van der Waals surface area contributed by atoms with Crippen LogP contribution >= 0.6 is 11.3 Å². The maximum atomic E-state index is 12.4. The van der Waals surface area contributed by atoms with Crippen LogP contribution in [0.5, 0.6) is 5.75 Å². The molecule has 4 rings (SSSR count). The monoisotopic (exact) mass is 442 g/mol. The molecule has 7 nitrogen and oxygen atoms in total. The van der Waals surface area contributed by atoms with Gasteiger partial charge in [0, 0.05) is 17.2 Å². The lowest BCUT2D eigenvalue weighted by Gasteiger charge is -2.06. The number of hydrogen-bond acceptors (Lipinski definition) is 7. The molecule has 2 aromatic carbocycles. The number of carbonyl (C=O) groups excluding carboxylic acids is 1. The highest BCUT2D eigenvalue weighted by Crippen LogP contribution is 2.30. The average Bonchev–Trinajstić information content (AvgIpc) is 3.39. The van der Waals surface area contributed by atoms with E-state index in [0.717, 1.165) is 11.0 Å². The maximum absolute atomic E-state index is 12.4. The number of para-hydroxylation sites is 1. The summed E-state index contributed by atoms with van der Waals surface area (Å²) in [7, 11) is -2.07. The van der Waals surface area contributed by atoms with Crippen LogP contribution in [0.15, 0.2) is 69.3 Å². The van der Waals surface area contributed by atoms with Crippen molar-refractivity contribution in [3.63, 3.8) is 0 Å². The van der Waals surface area contributed by atoms with Crippen LogP contribution in [0.2, 0.25) is 0 Å². The van der Waals surface area contributed by atoms with Gasteiger partial charge in [-0.2, -0.15) is 0 Å². The van der Waals surface area contributed by atoms with E-state index in [4.69, 9.17) is 9.15 Å². The van der Waals surface area contributed by atoms with Crippen molar-refractivity contribution in [2.24, 2.45) is 0 Å². The van der Waals surface area contributed by atoms with E-state index in [1.54, 1.807) is 17.5 Å². The number of ether oxygens (including phenoxy) is 1. The van der Waals surface area contributed by atoms with Gasteiger partial charge in [-0.3, -0.25) is 4.79 Å². The van der Waals surface area contributed by atoms with Gasteiger partial charge in [-0.25, -0.2) is 13.4 Å². The largest absolute Gasteiger partial charge is 0.497 e. The number of fused-ring (bicyclic) bond motifs is 1. The van der Waals surface area contributed by atoms with Crippen molar-refractivity contribution < 1.29 is 22.4 Å². The Morgan fingerprint density at radius 2 is 1.93 bits per heavy atom. The SMILES string of the molecule is COc1ccc(S(=O)(=O)CCC(=O)Nc2nc(-c3cc4ccccc4o3)cs2)cc1. The molecule has 0 aliphatic rings. The number of hydrogen-bond donors (Lipinski definition) is 1. The van der Waals surface area contributed by atoms with Crippen LogP contribution in [0.1, 0.15) is 6.42 Å². The zero-order chi connectivity index (χ0) is 21.1. The first-order valence-electron chi connectivity index (χ1n) is 9.06. The topological polar surface area (TPSA) is 98.5 Å². The van der Waals surface area contributed by atoms with Gasteiger partial charge >= 0.3 is 0 Å². The first-order chi connectivity index (χ1) is 14.4. The quantitative estimate of drug-likeness (QED) is 0.456. The van der Waals surface area contributed by atoms with Gasteiger partial charge in [0.05, 0.1) is 17.8 Å². The molecule has 2 aromatic heterocycles. The summed E-state index contributed by atoms with van der Waals surface area (Å²) < 4.78 is 35.6. The van der Waals surface area contributed by atoms with E-state index >= 15 is 0 Å².